The van der Waals surface area contributed by atoms with E-state index in [1.165, 1.54) is 30.5 Å². The molecule has 0 saturated carbocycles. The van der Waals surface area contributed by atoms with Gasteiger partial charge in [0, 0.05) is 6.20 Å². The number of aromatic nitrogens is 1. The van der Waals surface area contributed by atoms with E-state index in [0.29, 0.717) is 5.56 Å². The lowest BCUT2D eigenvalue weighted by Crippen LogP contribution is -2.31. The first-order valence-corrected chi connectivity index (χ1v) is 6.14. The summed E-state index contributed by atoms with van der Waals surface area (Å²) in [5.74, 6) is 4.80. The molecule has 0 aliphatic rings. The second kappa shape index (κ2) is 6.19. The quantitative estimate of drug-likeness (QED) is 0.518. The highest BCUT2D eigenvalue weighted by Crippen LogP contribution is 2.30. The molecule has 0 amide bonds. The summed E-state index contributed by atoms with van der Waals surface area (Å²) in [6.07, 6.45) is -2.93. The molecule has 2 rings (SSSR count). The number of rotatable bonds is 4. The average Bonchev–Trinajstić information content (AvgIpc) is 2.45. The van der Waals surface area contributed by atoms with Crippen LogP contribution in [0.4, 0.5) is 17.6 Å². The van der Waals surface area contributed by atoms with Crippen LogP contribution in [0, 0.1) is 5.82 Å². The van der Waals surface area contributed by atoms with E-state index in [4.69, 9.17) is 5.84 Å². The predicted molar refractivity (Wildman–Crippen MR) is 69.4 cm³/mol. The van der Waals surface area contributed by atoms with Crippen LogP contribution in [0.2, 0.25) is 0 Å². The van der Waals surface area contributed by atoms with Gasteiger partial charge in [0.1, 0.15) is 5.82 Å². The van der Waals surface area contributed by atoms with Crippen LogP contribution in [-0.2, 0) is 12.6 Å². The van der Waals surface area contributed by atoms with Crippen molar-refractivity contribution in [3.8, 4) is 0 Å². The van der Waals surface area contributed by atoms with Gasteiger partial charge in [-0.3, -0.25) is 16.3 Å². The number of nitrogens with two attached hydrogens (primary N) is 1. The van der Waals surface area contributed by atoms with Crippen molar-refractivity contribution >= 4 is 0 Å². The van der Waals surface area contributed by atoms with Crippen molar-refractivity contribution in [1.29, 1.82) is 0 Å². The molecule has 3 nitrogen and oxygen atoms in total. The molecule has 112 valence electrons. The van der Waals surface area contributed by atoms with Gasteiger partial charge >= 0.3 is 6.18 Å². The number of hydrazine groups is 1. The van der Waals surface area contributed by atoms with Gasteiger partial charge in [0.25, 0.3) is 0 Å². The lowest BCUT2D eigenvalue weighted by molar-refractivity contribution is -0.137. The summed E-state index contributed by atoms with van der Waals surface area (Å²) in [4.78, 5) is 3.88. The fourth-order valence-electron chi connectivity index (χ4n) is 2.00. The monoisotopic (exact) mass is 299 g/mol. The van der Waals surface area contributed by atoms with Gasteiger partial charge in [0.2, 0.25) is 0 Å². The maximum atomic E-state index is 13.7. The van der Waals surface area contributed by atoms with E-state index in [9.17, 15) is 17.6 Å². The maximum Gasteiger partial charge on any atom is 0.416 e. The molecule has 0 aliphatic carbocycles. The Bertz CT molecular complexity index is 613. The maximum absolute atomic E-state index is 13.7. The first kappa shape index (κ1) is 15.4. The van der Waals surface area contributed by atoms with Crippen molar-refractivity contribution in [3.63, 3.8) is 0 Å². The highest BCUT2D eigenvalue weighted by Gasteiger charge is 2.30. The molecule has 3 N–H and O–H groups in total. The highest BCUT2D eigenvalue weighted by molar-refractivity contribution is 5.27. The summed E-state index contributed by atoms with van der Waals surface area (Å²) in [7, 11) is 0. The minimum Gasteiger partial charge on any atom is -0.271 e. The van der Waals surface area contributed by atoms with Crippen LogP contribution in [-0.4, -0.2) is 4.98 Å². The first-order valence-electron chi connectivity index (χ1n) is 6.14. The molecular weight excluding hydrogens is 286 g/mol. The molecule has 2 aromatic rings. The molecule has 0 radical (unpaired) electrons. The smallest absolute Gasteiger partial charge is 0.271 e. The zero-order valence-corrected chi connectivity index (χ0v) is 10.9. The van der Waals surface area contributed by atoms with E-state index in [1.807, 2.05) is 0 Å². The van der Waals surface area contributed by atoms with Crippen molar-refractivity contribution < 1.29 is 17.6 Å². The molecule has 1 atom stereocenters. The zero-order chi connectivity index (χ0) is 15.5. The number of nitrogens with one attached hydrogen (secondary N) is 1. The van der Waals surface area contributed by atoms with Crippen molar-refractivity contribution in [1.82, 2.24) is 10.4 Å². The standard InChI is InChI=1S/C14H13F4N3/c15-11-5-2-6-20-13(11)12(21-19)8-9-3-1-4-10(7-9)14(16,17)18/h1-7,12,21H,8,19H2. The third-order valence-electron chi connectivity index (χ3n) is 3.01. The van der Waals surface area contributed by atoms with Crippen molar-refractivity contribution in [2.75, 3.05) is 0 Å². The fraction of sp³-hybridized carbons (Fsp3) is 0.214. The van der Waals surface area contributed by atoms with Gasteiger partial charge < -0.3 is 0 Å². The second-order valence-corrected chi connectivity index (χ2v) is 4.49. The second-order valence-electron chi connectivity index (χ2n) is 4.49. The molecule has 0 saturated heterocycles. The van der Waals surface area contributed by atoms with Crippen LogP contribution in [0.5, 0.6) is 0 Å². The lowest BCUT2D eigenvalue weighted by Gasteiger charge is -2.17. The highest BCUT2D eigenvalue weighted by atomic mass is 19.4. The lowest BCUT2D eigenvalue weighted by atomic mass is 10.0. The number of benzene rings is 1. The van der Waals surface area contributed by atoms with Gasteiger partial charge in [-0.05, 0) is 30.2 Å². The van der Waals surface area contributed by atoms with Gasteiger partial charge in [-0.2, -0.15) is 13.2 Å². The molecule has 0 bridgehead atoms. The topological polar surface area (TPSA) is 50.9 Å². The Balaban J connectivity index is 2.26. The van der Waals surface area contributed by atoms with Crippen molar-refractivity contribution in [2.24, 2.45) is 5.84 Å². The summed E-state index contributed by atoms with van der Waals surface area (Å²) >= 11 is 0. The number of hydrogen-bond donors (Lipinski definition) is 2. The summed E-state index contributed by atoms with van der Waals surface area (Å²) in [5.41, 5.74) is 2.08. The van der Waals surface area contributed by atoms with Gasteiger partial charge in [0.05, 0.1) is 17.3 Å². The third kappa shape index (κ3) is 3.77. The molecule has 1 aromatic heterocycles. The predicted octanol–water partition coefficient (Wildman–Crippen LogP) is 2.99. The Morgan fingerprint density at radius 1 is 1.19 bits per heavy atom. The SMILES string of the molecule is NNC(Cc1cccc(C(F)(F)F)c1)c1ncccc1F. The number of alkyl halides is 3. The van der Waals surface area contributed by atoms with E-state index in [2.05, 4.69) is 10.4 Å². The zero-order valence-electron chi connectivity index (χ0n) is 10.9. The number of halogens is 4. The van der Waals surface area contributed by atoms with Crippen LogP contribution in [0.3, 0.4) is 0 Å². The summed E-state index contributed by atoms with van der Waals surface area (Å²) in [6.45, 7) is 0. The summed E-state index contributed by atoms with van der Waals surface area (Å²) in [5, 5.41) is 0. The Morgan fingerprint density at radius 2 is 1.95 bits per heavy atom. The Hall–Kier alpha value is -1.99. The van der Waals surface area contributed by atoms with E-state index in [0.717, 1.165) is 12.1 Å². The van der Waals surface area contributed by atoms with Crippen LogP contribution in [0.25, 0.3) is 0 Å². The number of hydrogen-bond acceptors (Lipinski definition) is 3. The van der Waals surface area contributed by atoms with Crippen LogP contribution >= 0.6 is 0 Å². The minimum atomic E-state index is -4.42. The normalized spacial score (nSPS) is 13.2. The average molecular weight is 299 g/mol. The molecule has 1 heterocycles. The minimum absolute atomic E-state index is 0.0670. The van der Waals surface area contributed by atoms with E-state index in [-0.39, 0.29) is 12.1 Å². The van der Waals surface area contributed by atoms with E-state index < -0.39 is 23.6 Å². The molecule has 7 heteroatoms. The van der Waals surface area contributed by atoms with E-state index >= 15 is 0 Å². The molecular formula is C14H13F4N3. The van der Waals surface area contributed by atoms with Crippen LogP contribution in [0.1, 0.15) is 22.9 Å². The van der Waals surface area contributed by atoms with Crippen molar-refractivity contribution in [3.05, 3.63) is 65.2 Å². The number of pyridine rings is 1. The van der Waals surface area contributed by atoms with Gasteiger partial charge in [-0.1, -0.05) is 18.2 Å². The largest absolute Gasteiger partial charge is 0.416 e. The molecule has 1 aromatic carbocycles. The summed E-state index contributed by atoms with van der Waals surface area (Å²) in [6, 6.07) is 6.77. The van der Waals surface area contributed by atoms with E-state index in [1.54, 1.807) is 0 Å². The van der Waals surface area contributed by atoms with Crippen molar-refractivity contribution in [2.45, 2.75) is 18.6 Å². The molecule has 0 aliphatic heterocycles. The van der Waals surface area contributed by atoms with Gasteiger partial charge in [-0.25, -0.2) is 4.39 Å². The van der Waals surface area contributed by atoms with Gasteiger partial charge in [0.15, 0.2) is 0 Å². The third-order valence-corrected chi connectivity index (χ3v) is 3.01. The Morgan fingerprint density at radius 3 is 2.57 bits per heavy atom. The van der Waals surface area contributed by atoms with Crippen LogP contribution in [0.15, 0.2) is 42.6 Å². The van der Waals surface area contributed by atoms with Gasteiger partial charge in [-0.15, -0.1) is 0 Å². The Labute approximate surface area is 118 Å². The molecule has 21 heavy (non-hydrogen) atoms. The summed E-state index contributed by atoms with van der Waals surface area (Å²) < 4.78 is 51.6. The molecule has 0 spiro atoms. The fourth-order valence-corrected chi connectivity index (χ4v) is 2.00. The first-order chi connectivity index (χ1) is 9.91. The molecule has 0 fully saturated rings. The Kier molecular flexibility index (Phi) is 4.54. The number of nitrogens with zero attached hydrogens (tertiary/aromatic N) is 1. The van der Waals surface area contributed by atoms with Crippen LogP contribution < -0.4 is 11.3 Å². The molecule has 1 unspecified atom stereocenters.